The highest BCUT2D eigenvalue weighted by atomic mass is 127. The maximum Gasteiger partial charge on any atom is 0.433 e. The smallest absolute Gasteiger partial charge is 0.368 e. The number of hydrogen-bond acceptors (Lipinski definition) is 3. The molecule has 30 heavy (non-hydrogen) atoms. The molecule has 1 saturated carbocycles. The van der Waals surface area contributed by atoms with E-state index in [0.717, 1.165) is 40.9 Å². The first-order valence-corrected chi connectivity index (χ1v) is 11.1. The predicted octanol–water partition coefficient (Wildman–Crippen LogP) is 5.51. The highest BCUT2D eigenvalue weighted by Gasteiger charge is 2.49. The molecule has 160 valence electrons. The van der Waals surface area contributed by atoms with E-state index in [1.807, 2.05) is 30.0 Å². The van der Waals surface area contributed by atoms with Gasteiger partial charge in [-0.25, -0.2) is 4.98 Å². The molecule has 1 aliphatic carbocycles. The third-order valence-corrected chi connectivity index (χ3v) is 7.06. The normalized spacial score (nSPS) is 20.3. The molecule has 2 heterocycles. The lowest BCUT2D eigenvalue weighted by atomic mass is 9.87. The van der Waals surface area contributed by atoms with Crippen LogP contribution in [0.15, 0.2) is 36.4 Å². The molecule has 1 spiro atoms. The number of nitrogens with zero attached hydrogens (tertiary/aromatic N) is 2. The van der Waals surface area contributed by atoms with Crippen molar-refractivity contribution >= 4 is 34.3 Å². The van der Waals surface area contributed by atoms with Crippen molar-refractivity contribution in [3.63, 3.8) is 0 Å². The lowest BCUT2D eigenvalue weighted by molar-refractivity contribution is -0.141. The van der Waals surface area contributed by atoms with E-state index in [1.54, 1.807) is 0 Å². The second kappa shape index (κ2) is 8.01. The lowest BCUT2D eigenvalue weighted by Gasteiger charge is -2.40. The van der Waals surface area contributed by atoms with Crippen molar-refractivity contribution in [1.29, 1.82) is 0 Å². The summed E-state index contributed by atoms with van der Waals surface area (Å²) in [7, 11) is 0. The van der Waals surface area contributed by atoms with Crippen LogP contribution in [0.25, 0.3) is 0 Å². The fourth-order valence-electron chi connectivity index (χ4n) is 4.20. The number of hydrogen-bond donors (Lipinski definition) is 1. The van der Waals surface area contributed by atoms with Crippen molar-refractivity contribution in [1.82, 2.24) is 9.88 Å². The molecule has 2 fully saturated rings. The van der Waals surface area contributed by atoms with Crippen LogP contribution in [-0.2, 0) is 6.18 Å². The Morgan fingerprint density at radius 2 is 2.03 bits per heavy atom. The summed E-state index contributed by atoms with van der Waals surface area (Å²) >= 11 is 2.18. The number of pyridine rings is 1. The Hall–Kier alpha value is -1.84. The number of piperidine rings is 1. The summed E-state index contributed by atoms with van der Waals surface area (Å²) in [4.78, 5) is 18.9. The summed E-state index contributed by atoms with van der Waals surface area (Å²) in [6.45, 7) is 3.01. The number of amides is 1. The van der Waals surface area contributed by atoms with Gasteiger partial charge in [0.15, 0.2) is 0 Å². The standard InChI is InChI=1S/C22H23F3IN3O/c1-14-5-6-17(26)16(11-14)20(30)29-10-9-21(7-8-21)12-15(29)13-27-19-4-2-3-18(28-19)22(23,24)25/h2-6,11,15H,7-10,12-13H2,1H3,(H,27,28). The van der Waals surface area contributed by atoms with Crippen LogP contribution in [-0.4, -0.2) is 34.9 Å². The molecule has 2 aliphatic rings. The minimum Gasteiger partial charge on any atom is -0.368 e. The van der Waals surface area contributed by atoms with Crippen molar-refractivity contribution in [3.8, 4) is 0 Å². The number of alkyl halides is 3. The van der Waals surface area contributed by atoms with Gasteiger partial charge >= 0.3 is 6.18 Å². The molecule has 1 aliphatic heterocycles. The van der Waals surface area contributed by atoms with Crippen molar-refractivity contribution in [3.05, 3.63) is 56.8 Å². The molecule has 1 atom stereocenters. The van der Waals surface area contributed by atoms with E-state index >= 15 is 0 Å². The largest absolute Gasteiger partial charge is 0.433 e. The highest BCUT2D eigenvalue weighted by Crippen LogP contribution is 2.55. The van der Waals surface area contributed by atoms with E-state index in [2.05, 4.69) is 32.9 Å². The molecule has 1 amide bonds. The Bertz CT molecular complexity index is 959. The van der Waals surface area contributed by atoms with E-state index in [4.69, 9.17) is 0 Å². The molecule has 2 aromatic rings. The van der Waals surface area contributed by atoms with Crippen LogP contribution >= 0.6 is 22.6 Å². The maximum absolute atomic E-state index is 13.3. The number of likely N-dealkylation sites (tertiary alicyclic amines) is 1. The molecule has 1 unspecified atom stereocenters. The molecule has 8 heteroatoms. The van der Waals surface area contributed by atoms with Gasteiger partial charge in [0.25, 0.3) is 5.91 Å². The van der Waals surface area contributed by atoms with E-state index in [0.29, 0.717) is 24.1 Å². The third kappa shape index (κ3) is 4.58. The van der Waals surface area contributed by atoms with Crippen molar-refractivity contribution in [2.75, 3.05) is 18.4 Å². The van der Waals surface area contributed by atoms with Crippen LogP contribution in [0.5, 0.6) is 0 Å². The van der Waals surface area contributed by atoms with Gasteiger partial charge in [-0.05, 0) is 84.9 Å². The monoisotopic (exact) mass is 529 g/mol. The number of carbonyl (C=O) groups excluding carboxylic acids is 1. The number of nitrogens with one attached hydrogen (secondary N) is 1. The number of rotatable bonds is 4. The van der Waals surface area contributed by atoms with E-state index in [1.165, 1.54) is 12.1 Å². The van der Waals surface area contributed by atoms with Gasteiger partial charge in [0, 0.05) is 22.7 Å². The van der Waals surface area contributed by atoms with E-state index in [-0.39, 0.29) is 17.8 Å². The molecule has 1 saturated heterocycles. The summed E-state index contributed by atoms with van der Waals surface area (Å²) in [5.74, 6) is 0.167. The van der Waals surface area contributed by atoms with Crippen LogP contribution < -0.4 is 5.32 Å². The van der Waals surface area contributed by atoms with Gasteiger partial charge in [-0.15, -0.1) is 0 Å². The van der Waals surface area contributed by atoms with E-state index in [9.17, 15) is 18.0 Å². The van der Waals surface area contributed by atoms with Gasteiger partial charge < -0.3 is 10.2 Å². The second-order valence-electron chi connectivity index (χ2n) is 8.38. The summed E-state index contributed by atoms with van der Waals surface area (Å²) in [5.41, 5.74) is 1.09. The molecular weight excluding hydrogens is 506 g/mol. The fraction of sp³-hybridized carbons (Fsp3) is 0.455. The Morgan fingerprint density at radius 1 is 1.27 bits per heavy atom. The first-order chi connectivity index (χ1) is 14.2. The van der Waals surface area contributed by atoms with Crippen LogP contribution in [0.1, 0.15) is 47.3 Å². The minimum atomic E-state index is -4.48. The molecular formula is C22H23F3IN3O. The van der Waals surface area contributed by atoms with Crippen molar-refractivity contribution < 1.29 is 18.0 Å². The molecule has 0 radical (unpaired) electrons. The van der Waals surface area contributed by atoms with Crippen LogP contribution in [0.4, 0.5) is 19.0 Å². The van der Waals surface area contributed by atoms with E-state index < -0.39 is 11.9 Å². The first-order valence-electron chi connectivity index (χ1n) is 10.0. The predicted molar refractivity (Wildman–Crippen MR) is 117 cm³/mol. The Labute approximate surface area is 187 Å². The zero-order valence-electron chi connectivity index (χ0n) is 16.6. The Kier molecular flexibility index (Phi) is 5.71. The number of anilines is 1. The Balaban J connectivity index is 1.53. The summed E-state index contributed by atoms with van der Waals surface area (Å²) in [6.07, 6.45) is -0.304. The average molecular weight is 529 g/mol. The molecule has 1 aromatic carbocycles. The summed E-state index contributed by atoms with van der Waals surface area (Å²) in [5, 5.41) is 3.05. The van der Waals surface area contributed by atoms with Crippen LogP contribution in [0.3, 0.4) is 0 Å². The molecule has 4 nitrogen and oxygen atoms in total. The van der Waals surface area contributed by atoms with Gasteiger partial charge in [-0.3, -0.25) is 4.79 Å². The number of aromatic nitrogens is 1. The SMILES string of the molecule is Cc1ccc(I)c(C(=O)N2CCC3(CC3)CC2CNc2cccc(C(F)(F)F)n2)c1. The lowest BCUT2D eigenvalue weighted by Crippen LogP contribution is -2.50. The minimum absolute atomic E-state index is 0.0117. The first kappa shape index (κ1) is 21.4. The molecule has 1 aromatic heterocycles. The quantitative estimate of drug-likeness (QED) is 0.532. The van der Waals surface area contributed by atoms with Crippen molar-refractivity contribution in [2.24, 2.45) is 5.41 Å². The zero-order valence-corrected chi connectivity index (χ0v) is 18.8. The summed E-state index contributed by atoms with van der Waals surface area (Å²) in [6, 6.07) is 9.58. The average Bonchev–Trinajstić information content (AvgIpc) is 3.46. The number of aryl methyl sites for hydroxylation is 1. The highest BCUT2D eigenvalue weighted by molar-refractivity contribution is 14.1. The maximum atomic E-state index is 13.3. The number of benzene rings is 1. The molecule has 4 rings (SSSR count). The van der Waals surface area contributed by atoms with Gasteiger partial charge in [-0.2, -0.15) is 13.2 Å². The van der Waals surface area contributed by atoms with Crippen LogP contribution in [0, 0.1) is 15.9 Å². The van der Waals surface area contributed by atoms with Gasteiger partial charge in [0.2, 0.25) is 0 Å². The zero-order chi connectivity index (χ0) is 21.5. The van der Waals surface area contributed by atoms with Crippen molar-refractivity contribution in [2.45, 2.75) is 44.8 Å². The number of carbonyl (C=O) groups is 1. The van der Waals surface area contributed by atoms with Gasteiger partial charge in [0.05, 0.1) is 5.56 Å². The van der Waals surface area contributed by atoms with Gasteiger partial charge in [0.1, 0.15) is 11.5 Å². The second-order valence-corrected chi connectivity index (χ2v) is 9.54. The number of halogens is 4. The fourth-order valence-corrected chi connectivity index (χ4v) is 4.77. The molecule has 0 bridgehead atoms. The third-order valence-electron chi connectivity index (χ3n) is 6.12. The van der Waals surface area contributed by atoms with Gasteiger partial charge in [-0.1, -0.05) is 17.7 Å². The summed E-state index contributed by atoms with van der Waals surface area (Å²) < 4.78 is 39.8. The van der Waals surface area contributed by atoms with Crippen LogP contribution in [0.2, 0.25) is 0 Å². The molecule has 1 N–H and O–H groups in total. The Morgan fingerprint density at radius 3 is 2.73 bits per heavy atom. The topological polar surface area (TPSA) is 45.2 Å².